The molecule has 0 spiro atoms. The summed E-state index contributed by atoms with van der Waals surface area (Å²) in [5.41, 5.74) is 0.155. The van der Waals surface area contributed by atoms with Crippen molar-refractivity contribution in [3.8, 4) is 0 Å². The summed E-state index contributed by atoms with van der Waals surface area (Å²) in [5.74, 6) is -1.31. The van der Waals surface area contributed by atoms with Crippen LogP contribution >= 0.6 is 11.3 Å². The molecule has 2 aliphatic heterocycles. The standard InChI is InChI=1S/C43H58FN7O9S/c1-40(2,3)57-36(53)46-34(47-37(54)58-41(4,5)6)50-21-17-27(18-22-50)26-13-15-29(16-14-26)45-33(52)32-31(44)30(25-61-32)28-19-23-51(24-20-28)35(48-38(55)59-42(7,8)9)49-39(56)60-43(10,11)12/h13-17,19,25H,18,20-24H2,1-12H3,(H,45,52)(H,46,47,53,54)(H,48,49,55,56). The van der Waals surface area contributed by atoms with Gasteiger partial charge in [-0.15, -0.1) is 21.3 Å². The van der Waals surface area contributed by atoms with E-state index in [0.29, 0.717) is 37.2 Å². The Bertz CT molecular complexity index is 2100. The van der Waals surface area contributed by atoms with Crippen molar-refractivity contribution < 1.29 is 47.3 Å². The van der Waals surface area contributed by atoms with Crippen molar-refractivity contribution in [1.82, 2.24) is 20.4 Å². The highest BCUT2D eigenvalue weighted by Gasteiger charge is 2.28. The number of ether oxygens (including phenoxy) is 4. The van der Waals surface area contributed by atoms with E-state index in [1.54, 1.807) is 116 Å². The van der Waals surface area contributed by atoms with Crippen LogP contribution in [0.4, 0.5) is 29.3 Å². The number of amides is 5. The normalized spacial score (nSPS) is 15.6. The number of alkyl carbamates (subject to hydrolysis) is 2. The Morgan fingerprint density at radius 1 is 0.639 bits per heavy atom. The molecule has 0 unspecified atom stereocenters. The summed E-state index contributed by atoms with van der Waals surface area (Å²) in [6, 6.07) is 7.15. The summed E-state index contributed by atoms with van der Waals surface area (Å²) >= 11 is 0.986. The number of hydrogen-bond donors (Lipinski definition) is 3. The molecule has 1 aromatic heterocycles. The molecule has 0 saturated heterocycles. The van der Waals surface area contributed by atoms with Crippen molar-refractivity contribution in [3.05, 3.63) is 63.6 Å². The Morgan fingerprint density at radius 2 is 1.07 bits per heavy atom. The highest BCUT2D eigenvalue weighted by atomic mass is 32.1. The molecule has 2 aromatic rings. The number of nitrogens with zero attached hydrogens (tertiary/aromatic N) is 4. The van der Waals surface area contributed by atoms with Crippen molar-refractivity contribution in [2.75, 3.05) is 31.5 Å². The van der Waals surface area contributed by atoms with Crippen molar-refractivity contribution in [1.29, 1.82) is 0 Å². The fourth-order valence-electron chi connectivity index (χ4n) is 5.79. The van der Waals surface area contributed by atoms with Gasteiger partial charge < -0.3 is 34.1 Å². The van der Waals surface area contributed by atoms with Crippen LogP contribution in [0.5, 0.6) is 0 Å². The first-order chi connectivity index (χ1) is 28.1. The Kier molecular flexibility index (Phi) is 15.1. The third kappa shape index (κ3) is 15.6. The topological polar surface area (TPSA) is 190 Å². The molecule has 5 amide bonds. The van der Waals surface area contributed by atoms with E-state index in [-0.39, 0.29) is 35.4 Å². The SMILES string of the molecule is CC(C)(C)OC(=O)N=C(NC(=O)OC(C)(C)C)N1CC=C(c2ccc(NC(=O)c3scc(C4=CCN(C(=NC(=O)OC(C)(C)C)NC(=O)OC(C)(C)C)CC4)c3F)cc2)CC1. The molecule has 0 atom stereocenters. The average molecular weight is 868 g/mol. The lowest BCUT2D eigenvalue weighted by Gasteiger charge is -2.30. The summed E-state index contributed by atoms with van der Waals surface area (Å²) in [6.07, 6.45) is 1.27. The number of anilines is 1. The van der Waals surface area contributed by atoms with Gasteiger partial charge in [0.2, 0.25) is 11.9 Å². The zero-order chi connectivity index (χ0) is 45.5. The summed E-state index contributed by atoms with van der Waals surface area (Å²) in [4.78, 5) is 75.0. The number of carbonyl (C=O) groups is 5. The molecule has 4 rings (SSSR count). The summed E-state index contributed by atoms with van der Waals surface area (Å²) < 4.78 is 37.2. The number of benzene rings is 1. The first-order valence-corrected chi connectivity index (χ1v) is 20.7. The van der Waals surface area contributed by atoms with Crippen molar-refractivity contribution in [3.63, 3.8) is 0 Å². The van der Waals surface area contributed by atoms with Gasteiger partial charge in [-0.3, -0.25) is 15.4 Å². The quantitative estimate of drug-likeness (QED) is 0.151. The molecule has 1 aromatic carbocycles. The molecule has 2 aliphatic rings. The molecule has 16 nitrogen and oxygen atoms in total. The van der Waals surface area contributed by atoms with Crippen LogP contribution < -0.4 is 16.0 Å². The summed E-state index contributed by atoms with van der Waals surface area (Å²) in [5, 5.41) is 9.49. The van der Waals surface area contributed by atoms with E-state index in [9.17, 15) is 24.0 Å². The maximum absolute atomic E-state index is 15.8. The van der Waals surface area contributed by atoms with Crippen molar-refractivity contribution in [2.24, 2.45) is 9.98 Å². The molecular weight excluding hydrogens is 810 g/mol. The maximum atomic E-state index is 15.8. The predicted molar refractivity (Wildman–Crippen MR) is 233 cm³/mol. The molecule has 0 saturated carbocycles. The monoisotopic (exact) mass is 867 g/mol. The second-order valence-electron chi connectivity index (χ2n) is 18.3. The summed E-state index contributed by atoms with van der Waals surface area (Å²) in [6.45, 7) is 21.7. The number of halogens is 1. The van der Waals surface area contributed by atoms with Crippen molar-refractivity contribution >= 4 is 70.4 Å². The minimum Gasteiger partial charge on any atom is -0.444 e. The number of rotatable bonds is 4. The average Bonchev–Trinajstić information content (AvgIpc) is 3.49. The van der Waals surface area contributed by atoms with Crippen LogP contribution in [-0.4, -0.2) is 101 Å². The van der Waals surface area contributed by atoms with E-state index in [2.05, 4.69) is 25.9 Å². The van der Waals surface area contributed by atoms with Gasteiger partial charge in [0.15, 0.2) is 5.82 Å². The number of carbonyl (C=O) groups excluding carboxylic acids is 5. The van der Waals surface area contributed by atoms with E-state index in [1.807, 2.05) is 18.2 Å². The van der Waals surface area contributed by atoms with Crippen LogP contribution in [0.2, 0.25) is 0 Å². The minimum absolute atomic E-state index is 0.00838. The second kappa shape index (κ2) is 19.3. The van der Waals surface area contributed by atoms with Gasteiger partial charge in [-0.05, 0) is 125 Å². The molecule has 61 heavy (non-hydrogen) atoms. The van der Waals surface area contributed by atoms with Crippen LogP contribution in [0.25, 0.3) is 11.1 Å². The third-order valence-electron chi connectivity index (χ3n) is 8.22. The van der Waals surface area contributed by atoms with E-state index < -0.39 is 58.5 Å². The highest BCUT2D eigenvalue weighted by Crippen LogP contribution is 2.32. The van der Waals surface area contributed by atoms with Gasteiger partial charge in [0.25, 0.3) is 5.91 Å². The van der Waals surface area contributed by atoms with Crippen molar-refractivity contribution in [2.45, 2.75) is 118 Å². The van der Waals surface area contributed by atoms with E-state index >= 15 is 4.39 Å². The van der Waals surface area contributed by atoms with Gasteiger partial charge in [0, 0.05) is 42.8 Å². The molecule has 0 fully saturated rings. The predicted octanol–water partition coefficient (Wildman–Crippen LogP) is 8.95. The lowest BCUT2D eigenvalue weighted by Crippen LogP contribution is -2.48. The smallest absolute Gasteiger partial charge is 0.437 e. The number of thiophene rings is 1. The van der Waals surface area contributed by atoms with Crippen LogP contribution in [0.15, 0.2) is 51.8 Å². The molecule has 3 heterocycles. The first-order valence-electron chi connectivity index (χ1n) is 19.8. The molecule has 0 bridgehead atoms. The Balaban J connectivity index is 1.41. The Labute approximate surface area is 360 Å². The number of guanidine groups is 2. The molecule has 0 aliphatic carbocycles. The molecule has 3 N–H and O–H groups in total. The number of hydrogen-bond acceptors (Lipinski definition) is 10. The maximum Gasteiger partial charge on any atom is 0.437 e. The Hall–Kier alpha value is -5.78. The zero-order valence-electron chi connectivity index (χ0n) is 37.0. The molecule has 332 valence electrons. The lowest BCUT2D eigenvalue weighted by molar-refractivity contribution is 0.0536. The van der Waals surface area contributed by atoms with E-state index in [1.165, 1.54) is 0 Å². The van der Waals surface area contributed by atoms with Gasteiger partial charge in [-0.2, -0.15) is 0 Å². The van der Waals surface area contributed by atoms with E-state index in [4.69, 9.17) is 18.9 Å². The zero-order valence-corrected chi connectivity index (χ0v) is 37.8. The number of nitrogens with one attached hydrogen (secondary N) is 3. The minimum atomic E-state index is -0.895. The Morgan fingerprint density at radius 3 is 1.46 bits per heavy atom. The van der Waals surface area contributed by atoms with Crippen LogP contribution in [0.3, 0.4) is 0 Å². The van der Waals surface area contributed by atoms with Gasteiger partial charge in [0.1, 0.15) is 27.3 Å². The fraction of sp³-hybridized carbons (Fsp3) is 0.512. The van der Waals surface area contributed by atoms with Crippen LogP contribution in [-0.2, 0) is 18.9 Å². The van der Waals surface area contributed by atoms with Gasteiger partial charge in [0.05, 0.1) is 0 Å². The first kappa shape index (κ1) is 47.9. The highest BCUT2D eigenvalue weighted by molar-refractivity contribution is 7.12. The van der Waals surface area contributed by atoms with Gasteiger partial charge in [-0.1, -0.05) is 24.3 Å². The molecule has 0 radical (unpaired) electrons. The van der Waals surface area contributed by atoms with Gasteiger partial charge >= 0.3 is 24.4 Å². The van der Waals surface area contributed by atoms with Crippen LogP contribution in [0.1, 0.15) is 117 Å². The molecule has 18 heteroatoms. The van der Waals surface area contributed by atoms with Crippen LogP contribution in [0, 0.1) is 5.82 Å². The summed E-state index contributed by atoms with van der Waals surface area (Å²) in [7, 11) is 0. The second-order valence-corrected chi connectivity index (χ2v) is 19.1. The lowest BCUT2D eigenvalue weighted by atomic mass is 9.99. The largest absolute Gasteiger partial charge is 0.444 e. The van der Waals surface area contributed by atoms with Gasteiger partial charge in [-0.25, -0.2) is 23.6 Å². The fourth-order valence-corrected chi connectivity index (χ4v) is 6.65. The third-order valence-corrected chi connectivity index (χ3v) is 9.17. The molecular formula is C43H58FN7O9S. The number of aliphatic imine (C=N–C) groups is 2. The van der Waals surface area contributed by atoms with E-state index in [0.717, 1.165) is 22.5 Å².